The van der Waals surface area contributed by atoms with Crippen molar-refractivity contribution in [1.29, 1.82) is 0 Å². The van der Waals surface area contributed by atoms with Gasteiger partial charge in [0.15, 0.2) is 26.4 Å². The zero-order chi connectivity index (χ0) is 17.6. The molecule has 2 atom stereocenters. The number of hydrogen-bond acceptors (Lipinski definition) is 6. The minimum atomic E-state index is -3.08. The zero-order valence-corrected chi connectivity index (χ0v) is 15.5. The second kappa shape index (κ2) is 6.30. The minimum absolute atomic E-state index is 0.107. The molecule has 0 aromatic heterocycles. The van der Waals surface area contributed by atoms with Gasteiger partial charge in [-0.25, -0.2) is 8.42 Å². The van der Waals surface area contributed by atoms with Crippen molar-refractivity contribution >= 4 is 32.9 Å². The topological polar surface area (TPSA) is 68.3 Å². The van der Waals surface area contributed by atoms with E-state index >= 15 is 0 Å². The third-order valence-corrected chi connectivity index (χ3v) is 6.95. The number of methoxy groups -OCH3 is 1. The fourth-order valence-electron chi connectivity index (χ4n) is 3.71. The van der Waals surface area contributed by atoms with Gasteiger partial charge in [0.1, 0.15) is 13.2 Å². The Bertz CT molecular complexity index is 798. The molecule has 0 unspecified atom stereocenters. The molecule has 0 amide bonds. The number of thiocarbonyl (C=S) groups is 1. The predicted molar refractivity (Wildman–Crippen MR) is 97.3 cm³/mol. The molecule has 2 fully saturated rings. The van der Waals surface area contributed by atoms with Gasteiger partial charge >= 0.3 is 0 Å². The molecule has 0 saturated carbocycles. The summed E-state index contributed by atoms with van der Waals surface area (Å²) in [5.41, 5.74) is 0.835. The predicted octanol–water partition coefficient (Wildman–Crippen LogP) is 0.677. The number of fused-ring (bicyclic) bond motifs is 2. The molecule has 2 saturated heterocycles. The van der Waals surface area contributed by atoms with E-state index in [-0.39, 0.29) is 23.6 Å². The summed E-state index contributed by atoms with van der Waals surface area (Å²) in [6.07, 6.45) is 0. The first-order chi connectivity index (χ1) is 12.0. The Hall–Kier alpha value is -1.58. The van der Waals surface area contributed by atoms with E-state index in [0.29, 0.717) is 43.0 Å². The van der Waals surface area contributed by atoms with Gasteiger partial charge in [-0.3, -0.25) is 0 Å². The Balaban J connectivity index is 1.69. The summed E-state index contributed by atoms with van der Waals surface area (Å²) in [4.78, 5) is 3.92. The van der Waals surface area contributed by atoms with E-state index in [1.807, 2.05) is 28.0 Å². The maximum atomic E-state index is 12.2. The lowest BCUT2D eigenvalue weighted by Gasteiger charge is -2.27. The quantitative estimate of drug-likeness (QED) is 0.702. The van der Waals surface area contributed by atoms with Crippen molar-refractivity contribution in [1.82, 2.24) is 4.90 Å². The van der Waals surface area contributed by atoms with Crippen molar-refractivity contribution in [3.05, 3.63) is 18.2 Å². The van der Waals surface area contributed by atoms with Gasteiger partial charge in [0, 0.05) is 25.4 Å². The minimum Gasteiger partial charge on any atom is -0.486 e. The van der Waals surface area contributed by atoms with E-state index < -0.39 is 9.84 Å². The highest BCUT2D eigenvalue weighted by Gasteiger charge is 2.52. The SMILES string of the molecule is COCCN1C(=S)N(c2ccc3c(c2)OCCO3)[C@@H]2CS(=O)(=O)C[C@H]21. The number of rotatable bonds is 4. The lowest BCUT2D eigenvalue weighted by molar-refractivity contribution is 0.169. The molecule has 3 aliphatic rings. The number of nitrogens with zero attached hydrogens (tertiary/aromatic N) is 2. The number of ether oxygens (including phenoxy) is 3. The highest BCUT2D eigenvalue weighted by Crippen LogP contribution is 2.39. The smallest absolute Gasteiger partial charge is 0.176 e. The van der Waals surface area contributed by atoms with Crippen molar-refractivity contribution in [3.63, 3.8) is 0 Å². The van der Waals surface area contributed by atoms with E-state index in [0.717, 1.165) is 5.69 Å². The van der Waals surface area contributed by atoms with Gasteiger partial charge < -0.3 is 24.0 Å². The fraction of sp³-hybridized carbons (Fsp3) is 0.562. The van der Waals surface area contributed by atoms with Crippen LogP contribution >= 0.6 is 12.2 Å². The van der Waals surface area contributed by atoms with E-state index in [2.05, 4.69) is 0 Å². The van der Waals surface area contributed by atoms with Crippen LogP contribution in [0, 0.1) is 0 Å². The maximum Gasteiger partial charge on any atom is 0.176 e. The summed E-state index contributed by atoms with van der Waals surface area (Å²) in [6.45, 7) is 2.11. The normalized spacial score (nSPS) is 26.8. The molecule has 9 heteroatoms. The molecule has 136 valence electrons. The third-order valence-electron chi connectivity index (χ3n) is 4.82. The first-order valence-electron chi connectivity index (χ1n) is 8.19. The molecule has 7 nitrogen and oxygen atoms in total. The fourth-order valence-corrected chi connectivity index (χ4v) is 6.13. The van der Waals surface area contributed by atoms with Crippen molar-refractivity contribution < 1.29 is 22.6 Å². The summed E-state index contributed by atoms with van der Waals surface area (Å²) in [5.74, 6) is 1.60. The molecule has 3 heterocycles. The molecular weight excluding hydrogens is 364 g/mol. The lowest BCUT2D eigenvalue weighted by atomic mass is 10.1. The van der Waals surface area contributed by atoms with Gasteiger partial charge in [-0.05, 0) is 24.4 Å². The van der Waals surface area contributed by atoms with Crippen LogP contribution in [0.25, 0.3) is 0 Å². The highest BCUT2D eigenvalue weighted by molar-refractivity contribution is 7.91. The van der Waals surface area contributed by atoms with Gasteiger partial charge in [-0.2, -0.15) is 0 Å². The van der Waals surface area contributed by atoms with Crippen molar-refractivity contribution in [2.75, 3.05) is 49.9 Å². The van der Waals surface area contributed by atoms with Crippen LogP contribution in [0.3, 0.4) is 0 Å². The Morgan fingerprint density at radius 2 is 1.92 bits per heavy atom. The molecule has 25 heavy (non-hydrogen) atoms. The standard InChI is InChI=1S/C16H20N2O5S2/c1-21-5-4-17-12-9-25(19,20)10-13(12)18(16(17)24)11-2-3-14-15(8-11)23-7-6-22-14/h2-3,8,12-13H,4-7,9-10H2,1H3/t12-,13-/m1/s1. The highest BCUT2D eigenvalue weighted by atomic mass is 32.2. The van der Waals surface area contributed by atoms with Crippen LogP contribution in [0.2, 0.25) is 0 Å². The Kier molecular flexibility index (Phi) is 4.25. The van der Waals surface area contributed by atoms with Gasteiger partial charge in [-0.1, -0.05) is 0 Å². The lowest BCUT2D eigenvalue weighted by Crippen LogP contribution is -2.39. The Labute approximate surface area is 152 Å². The largest absolute Gasteiger partial charge is 0.486 e. The Morgan fingerprint density at radius 3 is 2.68 bits per heavy atom. The molecule has 0 radical (unpaired) electrons. The van der Waals surface area contributed by atoms with Gasteiger partial charge in [0.25, 0.3) is 0 Å². The second-order valence-electron chi connectivity index (χ2n) is 6.38. The van der Waals surface area contributed by atoms with Crippen LogP contribution in [0.4, 0.5) is 5.69 Å². The molecule has 3 aliphatic heterocycles. The summed E-state index contributed by atoms with van der Waals surface area (Å²) >= 11 is 5.67. The van der Waals surface area contributed by atoms with Crippen molar-refractivity contribution in [3.8, 4) is 11.5 Å². The number of hydrogen-bond donors (Lipinski definition) is 0. The summed E-state index contributed by atoms with van der Waals surface area (Å²) in [7, 11) is -1.46. The molecule has 4 rings (SSSR count). The molecule has 0 aliphatic carbocycles. The van der Waals surface area contributed by atoms with Gasteiger partial charge in [-0.15, -0.1) is 0 Å². The average molecular weight is 384 g/mol. The van der Waals surface area contributed by atoms with Crippen LogP contribution in [-0.2, 0) is 14.6 Å². The van der Waals surface area contributed by atoms with E-state index in [9.17, 15) is 8.42 Å². The van der Waals surface area contributed by atoms with Crippen LogP contribution in [0.15, 0.2) is 18.2 Å². The molecule has 1 aromatic rings. The zero-order valence-electron chi connectivity index (χ0n) is 13.9. The van der Waals surface area contributed by atoms with E-state index in [4.69, 9.17) is 26.4 Å². The molecule has 0 spiro atoms. The van der Waals surface area contributed by atoms with Crippen LogP contribution in [0.5, 0.6) is 11.5 Å². The van der Waals surface area contributed by atoms with E-state index in [1.165, 1.54) is 0 Å². The molecule has 0 bridgehead atoms. The average Bonchev–Trinajstić information content (AvgIpc) is 3.02. The number of anilines is 1. The molecular formula is C16H20N2O5S2. The van der Waals surface area contributed by atoms with Crippen LogP contribution in [-0.4, -0.2) is 75.5 Å². The first kappa shape index (κ1) is 16.9. The monoisotopic (exact) mass is 384 g/mol. The Morgan fingerprint density at radius 1 is 1.20 bits per heavy atom. The van der Waals surface area contributed by atoms with E-state index in [1.54, 1.807) is 7.11 Å². The van der Waals surface area contributed by atoms with Crippen LogP contribution < -0.4 is 14.4 Å². The van der Waals surface area contributed by atoms with Gasteiger partial charge in [0.2, 0.25) is 0 Å². The number of benzene rings is 1. The number of sulfone groups is 1. The maximum absolute atomic E-state index is 12.2. The van der Waals surface area contributed by atoms with Crippen molar-refractivity contribution in [2.24, 2.45) is 0 Å². The van der Waals surface area contributed by atoms with Crippen molar-refractivity contribution in [2.45, 2.75) is 12.1 Å². The first-order valence-corrected chi connectivity index (χ1v) is 10.4. The summed E-state index contributed by atoms with van der Waals surface area (Å²) in [6, 6.07) is 5.31. The summed E-state index contributed by atoms with van der Waals surface area (Å²) in [5, 5.41) is 0.638. The van der Waals surface area contributed by atoms with Gasteiger partial charge in [0.05, 0.1) is 30.2 Å². The third kappa shape index (κ3) is 2.94. The molecule has 0 N–H and O–H groups in total. The van der Waals surface area contributed by atoms with Crippen LogP contribution in [0.1, 0.15) is 0 Å². The second-order valence-corrected chi connectivity index (χ2v) is 8.90. The molecule has 1 aromatic carbocycles. The summed E-state index contributed by atoms with van der Waals surface area (Å²) < 4.78 is 40.8.